The number of benzene rings is 1. The van der Waals surface area contributed by atoms with Crippen LogP contribution in [0.4, 0.5) is 5.69 Å². The summed E-state index contributed by atoms with van der Waals surface area (Å²) in [6, 6.07) is 7.01. The average molecular weight is 314 g/mol. The van der Waals surface area contributed by atoms with E-state index in [2.05, 4.69) is 11.9 Å². The first-order chi connectivity index (χ1) is 11.1. The highest BCUT2D eigenvalue weighted by Gasteiger charge is 2.44. The molecule has 1 atom stereocenters. The van der Waals surface area contributed by atoms with E-state index in [1.807, 2.05) is 4.90 Å². The van der Waals surface area contributed by atoms with Gasteiger partial charge in [0.25, 0.3) is 5.91 Å². The molecule has 0 aromatic heterocycles. The average Bonchev–Trinajstić information content (AvgIpc) is 2.98. The van der Waals surface area contributed by atoms with E-state index >= 15 is 0 Å². The van der Waals surface area contributed by atoms with Crippen LogP contribution in [0.2, 0.25) is 0 Å². The third-order valence-corrected chi connectivity index (χ3v) is 4.73. The van der Waals surface area contributed by atoms with Gasteiger partial charge in [-0.25, -0.2) is 0 Å². The lowest BCUT2D eigenvalue weighted by atomic mass is 9.89. The smallest absolute Gasteiger partial charge is 0.254 e. The first-order valence-corrected chi connectivity index (χ1v) is 8.08. The van der Waals surface area contributed by atoms with E-state index in [0.717, 1.165) is 38.8 Å². The predicted molar refractivity (Wildman–Crippen MR) is 88.3 cm³/mol. The molecule has 1 spiro atoms. The molecule has 2 amide bonds. The number of hydrogen-bond acceptors (Lipinski definition) is 3. The number of carbonyl (C=O) groups excluding carboxylic acids is 2. The Balaban J connectivity index is 1.74. The van der Waals surface area contributed by atoms with Crippen LogP contribution >= 0.6 is 0 Å². The monoisotopic (exact) mass is 314 g/mol. The van der Waals surface area contributed by atoms with Crippen molar-refractivity contribution in [3.05, 3.63) is 42.5 Å². The van der Waals surface area contributed by atoms with Gasteiger partial charge in [-0.05, 0) is 56.0 Å². The minimum absolute atomic E-state index is 0.0506. The molecule has 5 nitrogen and oxygen atoms in total. The molecule has 23 heavy (non-hydrogen) atoms. The molecule has 1 aromatic rings. The van der Waals surface area contributed by atoms with Crippen LogP contribution in [0.15, 0.2) is 36.9 Å². The van der Waals surface area contributed by atoms with Crippen molar-refractivity contribution < 1.29 is 14.3 Å². The molecule has 0 radical (unpaired) electrons. The molecule has 0 saturated carbocycles. The van der Waals surface area contributed by atoms with Crippen molar-refractivity contribution >= 4 is 17.5 Å². The van der Waals surface area contributed by atoms with Crippen molar-refractivity contribution in [1.82, 2.24) is 4.90 Å². The van der Waals surface area contributed by atoms with Crippen molar-refractivity contribution in [2.24, 2.45) is 0 Å². The second-order valence-electron chi connectivity index (χ2n) is 6.21. The molecular formula is C18H22N2O3. The summed E-state index contributed by atoms with van der Waals surface area (Å²) < 4.78 is 5.65. The van der Waals surface area contributed by atoms with Crippen LogP contribution in [-0.2, 0) is 9.53 Å². The number of nitrogens with one attached hydrogen (secondary N) is 1. The molecule has 122 valence electrons. The number of rotatable bonds is 3. The largest absolute Gasteiger partial charge is 0.379 e. The Hall–Kier alpha value is -2.14. The molecule has 0 aliphatic carbocycles. The summed E-state index contributed by atoms with van der Waals surface area (Å²) in [5.74, 6) is -0.212. The van der Waals surface area contributed by atoms with Gasteiger partial charge in [-0.1, -0.05) is 6.58 Å². The van der Waals surface area contributed by atoms with Crippen molar-refractivity contribution in [3.63, 3.8) is 0 Å². The van der Waals surface area contributed by atoms with Gasteiger partial charge in [0.15, 0.2) is 0 Å². The minimum Gasteiger partial charge on any atom is -0.379 e. The first kappa shape index (κ1) is 15.7. The maximum absolute atomic E-state index is 12.9. The van der Waals surface area contributed by atoms with Gasteiger partial charge in [0.1, 0.15) is 0 Å². The van der Waals surface area contributed by atoms with Crippen LogP contribution in [0.3, 0.4) is 0 Å². The number of carbonyl (C=O) groups is 2. The molecule has 5 heteroatoms. The SMILES string of the molecule is C=CC(=O)Nc1ccc(C(=O)N2CCCC23CCCOC3)cc1. The molecule has 1 aromatic carbocycles. The van der Waals surface area contributed by atoms with Gasteiger partial charge >= 0.3 is 0 Å². The van der Waals surface area contributed by atoms with Gasteiger partial charge in [-0.15, -0.1) is 0 Å². The lowest BCUT2D eigenvalue weighted by Crippen LogP contribution is -2.52. The summed E-state index contributed by atoms with van der Waals surface area (Å²) in [6.45, 7) is 5.65. The third kappa shape index (κ3) is 3.15. The zero-order valence-electron chi connectivity index (χ0n) is 13.2. The summed E-state index contributed by atoms with van der Waals surface area (Å²) in [7, 11) is 0. The fraction of sp³-hybridized carbons (Fsp3) is 0.444. The standard InChI is InChI=1S/C18H22N2O3/c1-2-16(21)19-15-7-5-14(6-8-15)17(22)20-11-3-9-18(20)10-4-12-23-13-18/h2,5-8H,1,3-4,9-13H2,(H,19,21). The number of hydrogen-bond donors (Lipinski definition) is 1. The van der Waals surface area contributed by atoms with Crippen LogP contribution in [0.5, 0.6) is 0 Å². The van der Waals surface area contributed by atoms with E-state index in [9.17, 15) is 9.59 Å². The number of amides is 2. The summed E-state index contributed by atoms with van der Waals surface area (Å²) in [6.07, 6.45) is 5.30. The van der Waals surface area contributed by atoms with Gasteiger partial charge in [0, 0.05) is 24.4 Å². The molecule has 1 unspecified atom stereocenters. The second kappa shape index (κ2) is 6.54. The number of nitrogens with zero attached hydrogens (tertiary/aromatic N) is 1. The van der Waals surface area contributed by atoms with Gasteiger partial charge < -0.3 is 15.0 Å². The van der Waals surface area contributed by atoms with Gasteiger partial charge in [0.05, 0.1) is 12.1 Å². The Morgan fingerprint density at radius 1 is 1.22 bits per heavy atom. The molecule has 0 bridgehead atoms. The molecule has 2 saturated heterocycles. The van der Waals surface area contributed by atoms with E-state index in [0.29, 0.717) is 17.9 Å². The Kier molecular flexibility index (Phi) is 4.48. The maximum atomic E-state index is 12.9. The fourth-order valence-electron chi connectivity index (χ4n) is 3.55. The van der Waals surface area contributed by atoms with E-state index in [1.54, 1.807) is 24.3 Å². The highest BCUT2D eigenvalue weighted by molar-refractivity contribution is 6.00. The first-order valence-electron chi connectivity index (χ1n) is 8.08. The van der Waals surface area contributed by atoms with Crippen LogP contribution in [0.1, 0.15) is 36.0 Å². The normalized spacial score (nSPS) is 23.7. The van der Waals surface area contributed by atoms with Gasteiger partial charge in [-0.3, -0.25) is 9.59 Å². The Morgan fingerprint density at radius 2 is 1.96 bits per heavy atom. The molecular weight excluding hydrogens is 292 g/mol. The van der Waals surface area contributed by atoms with Gasteiger partial charge in [0.2, 0.25) is 5.91 Å². The van der Waals surface area contributed by atoms with Crippen molar-refractivity contribution in [3.8, 4) is 0 Å². The molecule has 1 N–H and O–H groups in total. The number of anilines is 1. The minimum atomic E-state index is -0.262. The van der Waals surface area contributed by atoms with Crippen LogP contribution in [-0.4, -0.2) is 42.0 Å². The molecule has 3 rings (SSSR count). The topological polar surface area (TPSA) is 58.6 Å². The highest BCUT2D eigenvalue weighted by atomic mass is 16.5. The van der Waals surface area contributed by atoms with Crippen molar-refractivity contribution in [2.75, 3.05) is 25.1 Å². The van der Waals surface area contributed by atoms with E-state index in [-0.39, 0.29) is 17.4 Å². The van der Waals surface area contributed by atoms with E-state index in [4.69, 9.17) is 4.74 Å². The lowest BCUT2D eigenvalue weighted by Gasteiger charge is -2.41. The summed E-state index contributed by atoms with van der Waals surface area (Å²) in [5.41, 5.74) is 1.18. The molecule has 2 heterocycles. The third-order valence-electron chi connectivity index (χ3n) is 4.73. The van der Waals surface area contributed by atoms with Gasteiger partial charge in [-0.2, -0.15) is 0 Å². The predicted octanol–water partition coefficient (Wildman–Crippen LogP) is 2.60. The molecule has 2 aliphatic rings. The quantitative estimate of drug-likeness (QED) is 0.873. The Labute approximate surface area is 136 Å². The summed E-state index contributed by atoms with van der Waals surface area (Å²) in [5, 5.41) is 2.68. The van der Waals surface area contributed by atoms with Crippen molar-refractivity contribution in [1.29, 1.82) is 0 Å². The van der Waals surface area contributed by atoms with Crippen molar-refractivity contribution in [2.45, 2.75) is 31.2 Å². The summed E-state index contributed by atoms with van der Waals surface area (Å²) in [4.78, 5) is 26.2. The van der Waals surface area contributed by atoms with E-state index < -0.39 is 0 Å². The van der Waals surface area contributed by atoms with Crippen LogP contribution in [0.25, 0.3) is 0 Å². The van der Waals surface area contributed by atoms with Crippen LogP contribution < -0.4 is 5.32 Å². The lowest BCUT2D eigenvalue weighted by molar-refractivity contribution is -0.111. The zero-order valence-corrected chi connectivity index (χ0v) is 13.2. The Morgan fingerprint density at radius 3 is 2.61 bits per heavy atom. The Bertz CT molecular complexity index is 603. The highest BCUT2D eigenvalue weighted by Crippen LogP contribution is 2.37. The number of likely N-dealkylation sites (tertiary alicyclic amines) is 1. The second-order valence-corrected chi connectivity index (χ2v) is 6.21. The maximum Gasteiger partial charge on any atom is 0.254 e. The molecule has 2 fully saturated rings. The summed E-state index contributed by atoms with van der Waals surface area (Å²) >= 11 is 0. The molecule has 2 aliphatic heterocycles. The fourth-order valence-corrected chi connectivity index (χ4v) is 3.55. The van der Waals surface area contributed by atoms with E-state index in [1.165, 1.54) is 6.08 Å². The zero-order chi connectivity index (χ0) is 16.3. The van der Waals surface area contributed by atoms with Crippen LogP contribution in [0, 0.1) is 0 Å². The number of ether oxygens (including phenoxy) is 1.